The summed E-state index contributed by atoms with van der Waals surface area (Å²) in [6, 6.07) is 9.98. The molecule has 8 heteroatoms. The van der Waals surface area contributed by atoms with Crippen molar-refractivity contribution in [2.24, 2.45) is 0 Å². The molecule has 2 aromatic rings. The molecule has 0 radical (unpaired) electrons. The van der Waals surface area contributed by atoms with Crippen molar-refractivity contribution in [3.05, 3.63) is 64.2 Å². The van der Waals surface area contributed by atoms with Crippen LogP contribution in [0.5, 0.6) is 5.75 Å². The van der Waals surface area contributed by atoms with Gasteiger partial charge in [0.2, 0.25) is 8.32 Å². The average molecular weight is 483 g/mol. The highest BCUT2D eigenvalue weighted by Gasteiger charge is 2.39. The van der Waals surface area contributed by atoms with Gasteiger partial charge in [-0.05, 0) is 79.4 Å². The van der Waals surface area contributed by atoms with E-state index in [0.29, 0.717) is 17.5 Å². The summed E-state index contributed by atoms with van der Waals surface area (Å²) in [5.74, 6) is 0.0159. The summed E-state index contributed by atoms with van der Waals surface area (Å²) in [5, 5.41) is 12.0. The van der Waals surface area contributed by atoms with Gasteiger partial charge in [-0.15, -0.1) is 0 Å². The third kappa shape index (κ3) is 5.17. The van der Waals surface area contributed by atoms with Crippen LogP contribution < -0.4 is 9.74 Å². The zero-order chi connectivity index (χ0) is 25.4. The topological polar surface area (TPSA) is 95.9 Å². The van der Waals surface area contributed by atoms with Crippen LogP contribution in [0.1, 0.15) is 58.2 Å². The quantitative estimate of drug-likeness (QED) is 0.420. The third-order valence-electron chi connectivity index (χ3n) is 6.91. The maximum Gasteiger partial charge on any atom is 0.404 e. The van der Waals surface area contributed by atoms with Crippen molar-refractivity contribution in [3.63, 3.8) is 0 Å². The van der Waals surface area contributed by atoms with Crippen molar-refractivity contribution in [1.29, 1.82) is 0 Å². The van der Waals surface area contributed by atoms with Crippen molar-refractivity contribution in [2.75, 3.05) is 6.54 Å². The lowest BCUT2D eigenvalue weighted by Gasteiger charge is -2.36. The average Bonchev–Trinajstić information content (AvgIpc) is 2.94. The number of nitrogens with one attached hydrogen (secondary N) is 1. The van der Waals surface area contributed by atoms with Gasteiger partial charge in [-0.2, -0.15) is 0 Å². The van der Waals surface area contributed by atoms with Gasteiger partial charge < -0.3 is 14.8 Å². The minimum Gasteiger partial charge on any atom is -0.543 e. The fourth-order valence-electron chi connectivity index (χ4n) is 3.99. The number of carbonyl (C=O) groups is 3. The van der Waals surface area contributed by atoms with Gasteiger partial charge in [0.1, 0.15) is 5.75 Å². The predicted molar refractivity (Wildman–Crippen MR) is 134 cm³/mol. The first kappa shape index (κ1) is 25.5. The van der Waals surface area contributed by atoms with Crippen LogP contribution in [0, 0.1) is 13.8 Å². The van der Waals surface area contributed by atoms with Crippen molar-refractivity contribution in [2.45, 2.75) is 65.2 Å². The number of nitrogens with zero attached hydrogens (tertiary/aromatic N) is 1. The molecule has 2 N–H and O–H groups in total. The van der Waals surface area contributed by atoms with Crippen LogP contribution in [-0.4, -0.2) is 48.8 Å². The Balaban J connectivity index is 1.84. The van der Waals surface area contributed by atoms with Crippen LogP contribution in [0.4, 0.5) is 4.79 Å². The standard InChI is InChI=1S/C26H34N2O5Si/c1-16-12-19(33-34(6,7)26(3,4)5)13-17(2)22(16)14-18(27-25(31)32)15-28-23(29)20-10-8-9-11-21(20)24(28)30/h8-13,18,27H,14-15H2,1-7H3,(H,31,32)/t18-/m0/s1. The lowest BCUT2D eigenvalue weighted by Crippen LogP contribution is -2.46. The van der Waals surface area contributed by atoms with Gasteiger partial charge in [0.15, 0.2) is 0 Å². The Morgan fingerprint density at radius 1 is 1.06 bits per heavy atom. The van der Waals surface area contributed by atoms with E-state index in [9.17, 15) is 19.5 Å². The van der Waals surface area contributed by atoms with E-state index in [1.807, 2.05) is 26.0 Å². The maximum absolute atomic E-state index is 12.8. The molecule has 3 amide bonds. The van der Waals surface area contributed by atoms with Gasteiger partial charge in [-0.3, -0.25) is 14.5 Å². The van der Waals surface area contributed by atoms with Gasteiger partial charge in [-0.25, -0.2) is 4.79 Å². The van der Waals surface area contributed by atoms with Gasteiger partial charge >= 0.3 is 6.09 Å². The third-order valence-corrected chi connectivity index (χ3v) is 11.3. The Morgan fingerprint density at radius 2 is 1.56 bits per heavy atom. The number of imide groups is 1. The van der Waals surface area contributed by atoms with Gasteiger partial charge in [-0.1, -0.05) is 32.9 Å². The predicted octanol–water partition coefficient (Wildman–Crippen LogP) is 5.16. The summed E-state index contributed by atoms with van der Waals surface area (Å²) in [4.78, 5) is 38.2. The molecule has 1 atom stereocenters. The number of rotatable bonds is 7. The number of aryl methyl sites for hydroxylation is 2. The molecule has 1 aliphatic heterocycles. The highest BCUT2D eigenvalue weighted by atomic mass is 28.4. The molecule has 0 aromatic heterocycles. The summed E-state index contributed by atoms with van der Waals surface area (Å²) in [6.07, 6.45) is -0.854. The van der Waals surface area contributed by atoms with Crippen LogP contribution in [-0.2, 0) is 6.42 Å². The Hall–Kier alpha value is -3.13. The number of hydrogen-bond donors (Lipinski definition) is 2. The van der Waals surface area contributed by atoms with E-state index >= 15 is 0 Å². The molecular formula is C26H34N2O5Si. The highest BCUT2D eigenvalue weighted by Crippen LogP contribution is 2.38. The second-order valence-electron chi connectivity index (χ2n) is 10.5. The van der Waals surface area contributed by atoms with Crippen LogP contribution in [0.3, 0.4) is 0 Å². The molecule has 0 bridgehead atoms. The maximum atomic E-state index is 12.8. The Kier molecular flexibility index (Phi) is 6.94. The molecule has 0 aliphatic carbocycles. The fraction of sp³-hybridized carbons (Fsp3) is 0.423. The first-order valence-corrected chi connectivity index (χ1v) is 14.4. The lowest BCUT2D eigenvalue weighted by atomic mass is 9.95. The van der Waals surface area contributed by atoms with Crippen LogP contribution in [0.2, 0.25) is 18.1 Å². The van der Waals surface area contributed by atoms with Gasteiger partial charge in [0.25, 0.3) is 11.8 Å². The van der Waals surface area contributed by atoms with E-state index in [2.05, 4.69) is 39.2 Å². The molecule has 3 rings (SSSR count). The van der Waals surface area contributed by atoms with Crippen molar-refractivity contribution in [1.82, 2.24) is 10.2 Å². The summed E-state index contributed by atoms with van der Waals surface area (Å²) in [6.45, 7) is 14.9. The van der Waals surface area contributed by atoms with Gasteiger partial charge in [0, 0.05) is 0 Å². The first-order chi connectivity index (χ1) is 15.7. The minimum absolute atomic E-state index is 0.0419. The van der Waals surface area contributed by atoms with E-state index < -0.39 is 32.3 Å². The molecule has 0 saturated carbocycles. The SMILES string of the molecule is Cc1cc(O[Si](C)(C)C(C)(C)C)cc(C)c1C[C@@H](CN1C(=O)c2ccccc2C1=O)NC(=O)O. The zero-order valence-corrected chi connectivity index (χ0v) is 22.0. The smallest absolute Gasteiger partial charge is 0.404 e. The fourth-order valence-corrected chi connectivity index (χ4v) is 5.00. The number of benzene rings is 2. The van der Waals surface area contributed by atoms with Crippen LogP contribution in [0.15, 0.2) is 36.4 Å². The molecule has 0 fully saturated rings. The van der Waals surface area contributed by atoms with Crippen LogP contribution >= 0.6 is 0 Å². The molecule has 0 spiro atoms. The van der Waals surface area contributed by atoms with E-state index in [4.69, 9.17) is 4.43 Å². The molecule has 182 valence electrons. The summed E-state index contributed by atoms with van der Waals surface area (Å²) < 4.78 is 6.46. The Labute approximate surface area is 202 Å². The van der Waals surface area contributed by atoms with E-state index in [0.717, 1.165) is 27.3 Å². The summed E-state index contributed by atoms with van der Waals surface area (Å²) in [5.41, 5.74) is 3.63. The Bertz CT molecular complexity index is 1080. The molecular weight excluding hydrogens is 448 g/mol. The number of carboxylic acid groups (broad SMARTS) is 1. The number of amides is 3. The number of carbonyl (C=O) groups excluding carboxylic acids is 2. The van der Waals surface area contributed by atoms with Crippen molar-refractivity contribution >= 4 is 26.2 Å². The van der Waals surface area contributed by atoms with Crippen molar-refractivity contribution in [3.8, 4) is 5.75 Å². The van der Waals surface area contributed by atoms with E-state index in [1.165, 1.54) is 0 Å². The van der Waals surface area contributed by atoms with Gasteiger partial charge in [0.05, 0.1) is 23.7 Å². The first-order valence-electron chi connectivity index (χ1n) is 11.4. The minimum atomic E-state index is -2.01. The van der Waals surface area contributed by atoms with E-state index in [1.54, 1.807) is 24.3 Å². The number of fused-ring (bicyclic) bond motifs is 1. The molecule has 0 unspecified atom stereocenters. The number of hydrogen-bond acceptors (Lipinski definition) is 4. The highest BCUT2D eigenvalue weighted by molar-refractivity contribution is 6.74. The molecule has 34 heavy (non-hydrogen) atoms. The molecule has 1 aliphatic rings. The van der Waals surface area contributed by atoms with Crippen LogP contribution in [0.25, 0.3) is 0 Å². The summed E-state index contributed by atoms with van der Waals surface area (Å²) in [7, 11) is -2.01. The monoisotopic (exact) mass is 482 g/mol. The Morgan fingerprint density at radius 3 is 2.00 bits per heavy atom. The second-order valence-corrected chi connectivity index (χ2v) is 15.2. The molecule has 1 heterocycles. The van der Waals surface area contributed by atoms with E-state index in [-0.39, 0.29) is 11.6 Å². The molecule has 2 aromatic carbocycles. The lowest BCUT2D eigenvalue weighted by molar-refractivity contribution is 0.0636. The largest absolute Gasteiger partial charge is 0.543 e. The molecule has 0 saturated heterocycles. The molecule has 7 nitrogen and oxygen atoms in total. The summed E-state index contributed by atoms with van der Waals surface area (Å²) >= 11 is 0. The normalized spacial score (nSPS) is 14.7. The second kappa shape index (κ2) is 9.25. The van der Waals surface area contributed by atoms with Crippen molar-refractivity contribution < 1.29 is 23.9 Å². The zero-order valence-electron chi connectivity index (χ0n) is 21.0.